The number of halogens is 1. The molecule has 0 atom stereocenters. The minimum absolute atomic E-state index is 0.670. The van der Waals surface area contributed by atoms with Crippen molar-refractivity contribution >= 4 is 16.8 Å². The summed E-state index contributed by atoms with van der Waals surface area (Å²) in [4.78, 5) is 4.25. The Bertz CT molecular complexity index is 317. The fourth-order valence-corrected chi connectivity index (χ4v) is 1.74. The van der Waals surface area contributed by atoms with Crippen molar-refractivity contribution in [3.63, 3.8) is 0 Å². The lowest BCUT2D eigenvalue weighted by molar-refractivity contribution is 0.845. The summed E-state index contributed by atoms with van der Waals surface area (Å²) in [7, 11) is 0. The number of hydrogen-bond donors (Lipinski definition) is 0. The molecule has 2 rings (SSSR count). The van der Waals surface area contributed by atoms with Crippen molar-refractivity contribution in [2.45, 2.75) is 12.8 Å². The molecule has 0 aliphatic carbocycles. The molecular formula is C10H10ClN. The number of fused-ring (bicyclic) bond motifs is 1. The predicted molar refractivity (Wildman–Crippen MR) is 52.0 cm³/mol. The van der Waals surface area contributed by atoms with Crippen LogP contribution in [-0.2, 0) is 6.42 Å². The summed E-state index contributed by atoms with van der Waals surface area (Å²) in [5.41, 5.74) is 2.43. The van der Waals surface area contributed by atoms with Crippen LogP contribution in [0.3, 0.4) is 0 Å². The summed E-state index contributed by atoms with van der Waals surface area (Å²) in [5, 5.41) is 0.670. The molecule has 1 aromatic carbocycles. The number of nitrogens with zero attached hydrogens (tertiary/aromatic N) is 1. The monoisotopic (exact) mass is 179 g/mol. The van der Waals surface area contributed by atoms with Crippen molar-refractivity contribution in [2.24, 2.45) is 4.99 Å². The lowest BCUT2D eigenvalue weighted by Crippen LogP contribution is -1.94. The van der Waals surface area contributed by atoms with Crippen LogP contribution in [-0.4, -0.2) is 11.7 Å². The quantitative estimate of drug-likeness (QED) is 0.581. The lowest BCUT2D eigenvalue weighted by Gasteiger charge is -2.02. The smallest absolute Gasteiger partial charge is 0.131 e. The van der Waals surface area contributed by atoms with Gasteiger partial charge in [-0.1, -0.05) is 35.9 Å². The molecule has 0 bridgehead atoms. The molecule has 0 radical (unpaired) electrons. The van der Waals surface area contributed by atoms with E-state index in [0.29, 0.717) is 5.17 Å². The molecule has 0 N–H and O–H groups in total. The van der Waals surface area contributed by atoms with E-state index in [1.165, 1.54) is 5.56 Å². The fourth-order valence-electron chi connectivity index (χ4n) is 1.47. The van der Waals surface area contributed by atoms with Crippen LogP contribution in [0.25, 0.3) is 0 Å². The largest absolute Gasteiger partial charge is 0.273 e. The van der Waals surface area contributed by atoms with Crippen molar-refractivity contribution in [2.75, 3.05) is 6.54 Å². The summed E-state index contributed by atoms with van der Waals surface area (Å²) in [6.45, 7) is 0.855. The van der Waals surface area contributed by atoms with Crippen LogP contribution in [0.1, 0.15) is 17.5 Å². The molecule has 62 valence electrons. The van der Waals surface area contributed by atoms with E-state index >= 15 is 0 Å². The molecule has 0 aromatic heterocycles. The maximum Gasteiger partial charge on any atom is 0.131 e. The fraction of sp³-hybridized carbons (Fsp3) is 0.300. The van der Waals surface area contributed by atoms with Crippen LogP contribution < -0.4 is 0 Å². The zero-order valence-electron chi connectivity index (χ0n) is 6.76. The SMILES string of the molecule is ClC1=NCCCc2ccccc21. The van der Waals surface area contributed by atoms with Gasteiger partial charge < -0.3 is 0 Å². The van der Waals surface area contributed by atoms with Gasteiger partial charge in [0, 0.05) is 12.1 Å². The van der Waals surface area contributed by atoms with E-state index in [9.17, 15) is 0 Å². The van der Waals surface area contributed by atoms with Crippen LogP contribution in [0.2, 0.25) is 0 Å². The first kappa shape index (κ1) is 7.81. The van der Waals surface area contributed by atoms with E-state index in [2.05, 4.69) is 11.1 Å². The van der Waals surface area contributed by atoms with Crippen LogP contribution in [0, 0.1) is 0 Å². The molecule has 0 saturated heterocycles. The number of rotatable bonds is 0. The third-order valence-electron chi connectivity index (χ3n) is 2.09. The zero-order valence-corrected chi connectivity index (χ0v) is 7.51. The van der Waals surface area contributed by atoms with Crippen molar-refractivity contribution in [3.8, 4) is 0 Å². The van der Waals surface area contributed by atoms with E-state index in [4.69, 9.17) is 11.6 Å². The van der Waals surface area contributed by atoms with Crippen molar-refractivity contribution in [1.29, 1.82) is 0 Å². The Morgan fingerprint density at radius 2 is 2.08 bits per heavy atom. The van der Waals surface area contributed by atoms with Crippen molar-refractivity contribution in [1.82, 2.24) is 0 Å². The number of aryl methyl sites for hydroxylation is 1. The Hall–Kier alpha value is -0.820. The van der Waals surface area contributed by atoms with Crippen LogP contribution in [0.5, 0.6) is 0 Å². The van der Waals surface area contributed by atoms with Gasteiger partial charge in [0.05, 0.1) is 0 Å². The van der Waals surface area contributed by atoms with Gasteiger partial charge in [-0.2, -0.15) is 0 Å². The summed E-state index contributed by atoms with van der Waals surface area (Å²) in [6.07, 6.45) is 2.20. The summed E-state index contributed by atoms with van der Waals surface area (Å²) < 4.78 is 0. The highest BCUT2D eigenvalue weighted by Crippen LogP contribution is 2.17. The second-order valence-corrected chi connectivity index (χ2v) is 3.29. The normalized spacial score (nSPS) is 16.2. The Balaban J connectivity index is 2.51. The highest BCUT2D eigenvalue weighted by atomic mass is 35.5. The molecule has 0 saturated carbocycles. The van der Waals surface area contributed by atoms with Gasteiger partial charge in [0.1, 0.15) is 5.17 Å². The van der Waals surface area contributed by atoms with Crippen LogP contribution in [0.4, 0.5) is 0 Å². The van der Waals surface area contributed by atoms with E-state index < -0.39 is 0 Å². The predicted octanol–water partition coefficient (Wildman–Crippen LogP) is 2.62. The second kappa shape index (κ2) is 3.28. The summed E-state index contributed by atoms with van der Waals surface area (Å²) in [5.74, 6) is 0. The first-order chi connectivity index (χ1) is 5.88. The van der Waals surface area contributed by atoms with Crippen LogP contribution in [0.15, 0.2) is 29.3 Å². The minimum atomic E-state index is 0.670. The highest BCUT2D eigenvalue weighted by Gasteiger charge is 2.08. The molecule has 0 unspecified atom stereocenters. The van der Waals surface area contributed by atoms with Crippen molar-refractivity contribution < 1.29 is 0 Å². The molecular weight excluding hydrogens is 170 g/mol. The zero-order chi connectivity index (χ0) is 8.39. The van der Waals surface area contributed by atoms with Gasteiger partial charge in [0.25, 0.3) is 0 Å². The molecule has 1 aromatic rings. The molecule has 0 amide bonds. The molecule has 1 aliphatic heterocycles. The Morgan fingerprint density at radius 1 is 1.25 bits per heavy atom. The number of aliphatic imine (C=N–C) groups is 1. The van der Waals surface area contributed by atoms with Gasteiger partial charge in [0.15, 0.2) is 0 Å². The third-order valence-corrected chi connectivity index (χ3v) is 2.42. The standard InChI is InChI=1S/C10H10ClN/c11-10-9-6-2-1-4-8(9)5-3-7-12-10/h1-2,4,6H,3,5,7H2. The van der Waals surface area contributed by atoms with Gasteiger partial charge >= 0.3 is 0 Å². The molecule has 2 heteroatoms. The number of benzene rings is 1. The Labute approximate surface area is 77.1 Å². The summed E-state index contributed by atoms with van der Waals surface area (Å²) in [6, 6.07) is 8.21. The highest BCUT2D eigenvalue weighted by molar-refractivity contribution is 6.69. The first-order valence-corrected chi connectivity index (χ1v) is 4.54. The van der Waals surface area contributed by atoms with E-state index in [1.54, 1.807) is 0 Å². The van der Waals surface area contributed by atoms with E-state index in [1.807, 2.05) is 18.2 Å². The van der Waals surface area contributed by atoms with E-state index in [-0.39, 0.29) is 0 Å². The maximum atomic E-state index is 6.00. The Kier molecular flexibility index (Phi) is 2.13. The van der Waals surface area contributed by atoms with Gasteiger partial charge in [-0.15, -0.1) is 0 Å². The number of hydrogen-bond acceptors (Lipinski definition) is 1. The average molecular weight is 180 g/mol. The molecule has 1 nitrogen and oxygen atoms in total. The maximum absolute atomic E-state index is 6.00. The second-order valence-electron chi connectivity index (χ2n) is 2.93. The van der Waals surface area contributed by atoms with Crippen molar-refractivity contribution in [3.05, 3.63) is 35.4 Å². The average Bonchev–Trinajstić information content (AvgIpc) is 2.29. The van der Waals surface area contributed by atoms with Gasteiger partial charge in [-0.3, -0.25) is 4.99 Å². The first-order valence-electron chi connectivity index (χ1n) is 4.16. The molecule has 1 aliphatic rings. The van der Waals surface area contributed by atoms with Gasteiger partial charge in [-0.25, -0.2) is 0 Å². The van der Waals surface area contributed by atoms with Gasteiger partial charge in [-0.05, 0) is 18.4 Å². The third kappa shape index (κ3) is 1.37. The minimum Gasteiger partial charge on any atom is -0.273 e. The molecule has 12 heavy (non-hydrogen) atoms. The van der Waals surface area contributed by atoms with E-state index in [0.717, 1.165) is 24.9 Å². The summed E-state index contributed by atoms with van der Waals surface area (Å²) >= 11 is 6.00. The topological polar surface area (TPSA) is 12.4 Å². The Morgan fingerprint density at radius 3 is 3.00 bits per heavy atom. The van der Waals surface area contributed by atoms with Gasteiger partial charge in [0.2, 0.25) is 0 Å². The lowest BCUT2D eigenvalue weighted by atomic mass is 10.0. The van der Waals surface area contributed by atoms with Crippen LogP contribution >= 0.6 is 11.6 Å². The molecule has 1 heterocycles. The molecule has 0 fully saturated rings. The molecule has 0 spiro atoms.